The first-order chi connectivity index (χ1) is 8.43. The van der Waals surface area contributed by atoms with Gasteiger partial charge < -0.3 is 10.1 Å². The van der Waals surface area contributed by atoms with E-state index in [9.17, 15) is 18.0 Å². The third-order valence-corrected chi connectivity index (χ3v) is 1.98. The van der Waals surface area contributed by atoms with Gasteiger partial charge in [0.1, 0.15) is 11.5 Å². The number of alkyl halides is 3. The van der Waals surface area contributed by atoms with Crippen LogP contribution in [0.4, 0.5) is 19.0 Å². The van der Waals surface area contributed by atoms with Crippen LogP contribution in [0.3, 0.4) is 0 Å². The number of halogens is 3. The molecule has 0 amide bonds. The molecule has 1 N–H and O–H groups in total. The van der Waals surface area contributed by atoms with E-state index < -0.39 is 17.8 Å². The summed E-state index contributed by atoms with van der Waals surface area (Å²) in [7, 11) is 0. The molecule has 0 atom stereocenters. The fourth-order valence-corrected chi connectivity index (χ4v) is 1.22. The van der Waals surface area contributed by atoms with E-state index in [0.717, 1.165) is 6.07 Å². The van der Waals surface area contributed by atoms with Crippen LogP contribution in [0.1, 0.15) is 19.0 Å². The molecule has 0 bridgehead atoms. The Bertz CT molecular complexity index is 408. The van der Waals surface area contributed by atoms with Crippen molar-refractivity contribution in [1.29, 1.82) is 0 Å². The highest BCUT2D eigenvalue weighted by Crippen LogP contribution is 2.28. The maximum absolute atomic E-state index is 12.4. The molecular formula is C11H13F3N2O2. The van der Waals surface area contributed by atoms with Crippen LogP contribution in [0.15, 0.2) is 18.2 Å². The largest absolute Gasteiger partial charge is 0.466 e. The van der Waals surface area contributed by atoms with E-state index >= 15 is 0 Å². The molecule has 1 aromatic rings. The predicted octanol–water partition coefficient (Wildman–Crippen LogP) is 2.47. The lowest BCUT2D eigenvalue weighted by Crippen LogP contribution is -2.14. The number of hydrogen-bond acceptors (Lipinski definition) is 4. The van der Waals surface area contributed by atoms with Gasteiger partial charge in [0, 0.05) is 6.54 Å². The van der Waals surface area contributed by atoms with Crippen molar-refractivity contribution < 1.29 is 22.7 Å². The van der Waals surface area contributed by atoms with Gasteiger partial charge in [-0.25, -0.2) is 4.98 Å². The molecule has 100 valence electrons. The molecule has 1 rings (SSSR count). The summed E-state index contributed by atoms with van der Waals surface area (Å²) >= 11 is 0. The Hall–Kier alpha value is -1.79. The van der Waals surface area contributed by atoms with Crippen LogP contribution in [0.5, 0.6) is 0 Å². The van der Waals surface area contributed by atoms with Crippen LogP contribution in [-0.2, 0) is 15.7 Å². The summed E-state index contributed by atoms with van der Waals surface area (Å²) in [5.41, 5.74) is -0.969. The van der Waals surface area contributed by atoms with Crippen molar-refractivity contribution in [3.05, 3.63) is 23.9 Å². The van der Waals surface area contributed by atoms with E-state index in [1.165, 1.54) is 12.1 Å². The molecule has 0 radical (unpaired) electrons. The number of carbonyl (C=O) groups excluding carboxylic acids is 1. The molecule has 0 fully saturated rings. The Labute approximate surface area is 102 Å². The molecule has 0 aliphatic rings. The van der Waals surface area contributed by atoms with Crippen LogP contribution < -0.4 is 5.32 Å². The Kier molecular flexibility index (Phi) is 4.94. The van der Waals surface area contributed by atoms with E-state index in [0.29, 0.717) is 0 Å². The maximum atomic E-state index is 12.4. The average molecular weight is 262 g/mol. The zero-order chi connectivity index (χ0) is 13.6. The number of anilines is 1. The summed E-state index contributed by atoms with van der Waals surface area (Å²) in [5.74, 6) is -0.328. The summed E-state index contributed by atoms with van der Waals surface area (Å²) in [6.07, 6.45) is -4.40. The molecule has 0 aliphatic carbocycles. The third kappa shape index (κ3) is 4.60. The average Bonchev–Trinajstić information content (AvgIpc) is 2.29. The SMILES string of the molecule is CCOC(=O)CCNc1cccc(C(F)(F)F)n1. The molecule has 4 nitrogen and oxygen atoms in total. The highest BCUT2D eigenvalue weighted by molar-refractivity contribution is 5.69. The number of carbonyl (C=O) groups is 1. The van der Waals surface area contributed by atoms with E-state index in [-0.39, 0.29) is 25.4 Å². The van der Waals surface area contributed by atoms with E-state index in [2.05, 4.69) is 15.0 Å². The monoisotopic (exact) mass is 262 g/mol. The van der Waals surface area contributed by atoms with Crippen LogP contribution in [0, 0.1) is 0 Å². The minimum atomic E-state index is -4.47. The summed E-state index contributed by atoms with van der Waals surface area (Å²) in [4.78, 5) is 14.4. The fraction of sp³-hybridized carbons (Fsp3) is 0.455. The molecule has 1 heterocycles. The van der Waals surface area contributed by atoms with Crippen molar-refractivity contribution >= 4 is 11.8 Å². The van der Waals surface area contributed by atoms with Gasteiger partial charge in [-0.2, -0.15) is 13.2 Å². The van der Waals surface area contributed by atoms with E-state index in [1.54, 1.807) is 6.92 Å². The highest BCUT2D eigenvalue weighted by atomic mass is 19.4. The normalized spacial score (nSPS) is 11.1. The lowest BCUT2D eigenvalue weighted by Gasteiger charge is -2.09. The minimum absolute atomic E-state index is 0.0752. The smallest absolute Gasteiger partial charge is 0.433 e. The predicted molar refractivity (Wildman–Crippen MR) is 59.0 cm³/mol. The standard InChI is InChI=1S/C11H13F3N2O2/c1-2-18-10(17)6-7-15-9-5-3-4-8(16-9)11(12,13)14/h3-5H,2,6-7H2,1H3,(H,15,16). The Morgan fingerprint density at radius 2 is 2.17 bits per heavy atom. The van der Waals surface area contributed by atoms with Crippen molar-refractivity contribution in [2.24, 2.45) is 0 Å². The van der Waals surface area contributed by atoms with Crippen molar-refractivity contribution in [3.63, 3.8) is 0 Å². The number of hydrogen-bond donors (Lipinski definition) is 1. The Balaban J connectivity index is 2.51. The van der Waals surface area contributed by atoms with E-state index in [4.69, 9.17) is 0 Å². The van der Waals surface area contributed by atoms with Gasteiger partial charge in [-0.05, 0) is 19.1 Å². The van der Waals surface area contributed by atoms with Gasteiger partial charge in [-0.1, -0.05) is 6.07 Å². The number of pyridine rings is 1. The van der Waals surface area contributed by atoms with Gasteiger partial charge in [0.2, 0.25) is 0 Å². The zero-order valence-electron chi connectivity index (χ0n) is 9.75. The van der Waals surface area contributed by atoms with Crippen LogP contribution in [0.2, 0.25) is 0 Å². The van der Waals surface area contributed by atoms with Gasteiger partial charge in [0.05, 0.1) is 13.0 Å². The van der Waals surface area contributed by atoms with Crippen molar-refractivity contribution in [1.82, 2.24) is 4.98 Å². The van der Waals surface area contributed by atoms with Crippen molar-refractivity contribution in [2.45, 2.75) is 19.5 Å². The minimum Gasteiger partial charge on any atom is -0.466 e. The summed E-state index contributed by atoms with van der Waals surface area (Å²) in [6, 6.07) is 3.54. The number of rotatable bonds is 5. The number of ether oxygens (including phenoxy) is 1. The molecule has 7 heteroatoms. The van der Waals surface area contributed by atoms with E-state index in [1.807, 2.05) is 0 Å². The molecule has 0 aliphatic heterocycles. The van der Waals surface area contributed by atoms with Crippen molar-refractivity contribution in [3.8, 4) is 0 Å². The van der Waals surface area contributed by atoms with Gasteiger partial charge in [0.15, 0.2) is 0 Å². The molecule has 0 saturated carbocycles. The summed E-state index contributed by atoms with van der Waals surface area (Å²) in [6.45, 7) is 2.13. The molecule has 0 aromatic carbocycles. The lowest BCUT2D eigenvalue weighted by atomic mass is 10.3. The Morgan fingerprint density at radius 3 is 2.78 bits per heavy atom. The lowest BCUT2D eigenvalue weighted by molar-refractivity contribution is -0.143. The summed E-state index contributed by atoms with van der Waals surface area (Å²) < 4.78 is 41.7. The number of esters is 1. The van der Waals surface area contributed by atoms with Gasteiger partial charge >= 0.3 is 12.1 Å². The number of aromatic nitrogens is 1. The Morgan fingerprint density at radius 1 is 1.44 bits per heavy atom. The molecule has 0 saturated heterocycles. The van der Waals surface area contributed by atoms with Crippen LogP contribution in [-0.4, -0.2) is 24.1 Å². The molecule has 18 heavy (non-hydrogen) atoms. The van der Waals surface area contributed by atoms with Gasteiger partial charge in [-0.3, -0.25) is 4.79 Å². The van der Waals surface area contributed by atoms with Gasteiger partial charge in [-0.15, -0.1) is 0 Å². The molecule has 1 aromatic heterocycles. The molecular weight excluding hydrogens is 249 g/mol. The maximum Gasteiger partial charge on any atom is 0.433 e. The topological polar surface area (TPSA) is 51.2 Å². The highest BCUT2D eigenvalue weighted by Gasteiger charge is 2.32. The van der Waals surface area contributed by atoms with Crippen LogP contribution >= 0.6 is 0 Å². The number of nitrogens with zero attached hydrogens (tertiary/aromatic N) is 1. The fourth-order valence-electron chi connectivity index (χ4n) is 1.22. The first-order valence-corrected chi connectivity index (χ1v) is 5.37. The first kappa shape index (κ1) is 14.3. The third-order valence-electron chi connectivity index (χ3n) is 1.98. The van der Waals surface area contributed by atoms with Gasteiger partial charge in [0.25, 0.3) is 0 Å². The second-order valence-corrected chi connectivity index (χ2v) is 3.39. The van der Waals surface area contributed by atoms with Crippen molar-refractivity contribution in [2.75, 3.05) is 18.5 Å². The second-order valence-electron chi connectivity index (χ2n) is 3.39. The molecule has 0 unspecified atom stereocenters. The number of nitrogens with one attached hydrogen (secondary N) is 1. The first-order valence-electron chi connectivity index (χ1n) is 5.37. The van der Waals surface area contributed by atoms with Crippen LogP contribution in [0.25, 0.3) is 0 Å². The second kappa shape index (κ2) is 6.23. The zero-order valence-corrected chi connectivity index (χ0v) is 9.75. The summed E-state index contributed by atoms with van der Waals surface area (Å²) in [5, 5.41) is 2.63. The molecule has 0 spiro atoms. The quantitative estimate of drug-likeness (QED) is 0.828.